The van der Waals surface area contributed by atoms with E-state index in [0.717, 1.165) is 58.4 Å². The van der Waals surface area contributed by atoms with Crippen molar-refractivity contribution in [2.24, 2.45) is 0 Å². The second-order valence-electron chi connectivity index (χ2n) is 33.3. The molecule has 4 nitrogen and oxygen atoms in total. The largest absolute Gasteiger partial charge is 1.00 e. The standard InChI is InChI=1S/2C24H18S.2C21H25N2.2C15H10.3CH3.3ClH.K.2Ru/c2*25-24-22(19-12-6-2-7-13-19)16-21(18-10-4-1-5-11-18)17-23(24)20-14-8-3-9-15-20;2*1-14-9-16(3)20(17(4)10-14)22-7-8-23(13-22)21-18(5)11-15(2)12-19(21)6;2*1-2-6-12(7-3-1)15-11-10-13-8-4-5-9-14(13)15;;;;;;;;;/h2*1-17,25H;2*7-13H,1-6H3;2*1-9,11H;3*1H3;3*1H;;;/q;;2*-1;;;3*-1;;;;2*+1;+2/p-5. The van der Waals surface area contributed by atoms with Gasteiger partial charge in [0.05, 0.1) is 0 Å². The van der Waals surface area contributed by atoms with Gasteiger partial charge < -0.3 is 67.1 Å². The van der Waals surface area contributed by atoms with Gasteiger partial charge >= 0.3 is 284 Å². The van der Waals surface area contributed by atoms with E-state index in [9.17, 15) is 0 Å². The third-order valence-corrected chi connectivity index (χ3v) is 29.4. The summed E-state index contributed by atoms with van der Waals surface area (Å²) in [5.74, 6) is 0. The van der Waals surface area contributed by atoms with Crippen LogP contribution in [0, 0.1) is 119 Å². The Morgan fingerprint density at radius 1 is 0.244 bits per heavy atom. The summed E-state index contributed by atoms with van der Waals surface area (Å²) in [7, 11) is 18.5. The van der Waals surface area contributed by atoms with Crippen molar-refractivity contribution < 1.29 is 80.6 Å². The van der Waals surface area contributed by atoms with Gasteiger partial charge in [0, 0.05) is 22.7 Å². The molecule has 0 N–H and O–H groups in total. The van der Waals surface area contributed by atoms with Gasteiger partial charge in [-0.3, -0.25) is 0 Å². The second kappa shape index (κ2) is 49.6. The SMILES string of the molecule is Cc1cc(C)c(N2C=CN(c3c(C)cc(C)cc3C)[CH-]2)c(C)c1.Cc1cc(C)c(N2C=CN(c3c(C)cc(C)cc3C)[CH-]2)c(C)c1.[CH3-].[CH3-].[CH3-].[Cl][Ru]([Cl])=[C]1C=C(c2ccccc2)c2ccccc21.[Cl][Ru]=[C]1C=C(c2ccccc2)c2ccccc21.[K+].[S-]c1c(-c2ccccc2)cc(-c2ccccc2)cc1-c1ccccc1.[S-]c1c(-c2ccccc2)cc(-c2ccccc2)cc1-c1ccccc1. The molecule has 0 saturated heterocycles. The third-order valence-electron chi connectivity index (χ3n) is 23.4. The average Bonchev–Trinajstić information content (AvgIpc) is 1.49. The van der Waals surface area contributed by atoms with Gasteiger partial charge in [0.2, 0.25) is 0 Å². The Morgan fingerprint density at radius 3 is 0.696 bits per heavy atom. The van der Waals surface area contributed by atoms with Crippen molar-refractivity contribution in [2.45, 2.75) is 92.9 Å². The fraction of sp³-hybridized carbons (Fsp3) is 0.0976. The molecule has 0 unspecified atom stereocenters. The van der Waals surface area contributed by atoms with Crippen LogP contribution in [0.3, 0.4) is 0 Å². The molecule has 20 rings (SSSR count). The van der Waals surface area contributed by atoms with E-state index in [1.54, 1.807) is 0 Å². The first-order valence-electron chi connectivity index (χ1n) is 43.8. The summed E-state index contributed by atoms with van der Waals surface area (Å²) < 4.78 is 2.42. The van der Waals surface area contributed by atoms with Crippen molar-refractivity contribution in [2.75, 3.05) is 19.6 Å². The van der Waals surface area contributed by atoms with Crippen LogP contribution in [-0.2, 0) is 54.5 Å². The molecule has 12 heteroatoms. The summed E-state index contributed by atoms with van der Waals surface area (Å²) in [5, 5.41) is 0. The minimum absolute atomic E-state index is 0. The molecule has 0 radical (unpaired) electrons. The van der Waals surface area contributed by atoms with E-state index < -0.39 is 13.5 Å². The average molecular weight is 2060 g/mol. The maximum atomic E-state index is 6.19. The van der Waals surface area contributed by atoms with Gasteiger partial charge in [-0.1, -0.05) is 253 Å². The monoisotopic (exact) mass is 2060 g/mol. The zero-order valence-corrected chi connectivity index (χ0v) is 90.2. The van der Waals surface area contributed by atoms with Crippen LogP contribution in [0.25, 0.3) is 77.9 Å². The predicted molar refractivity (Wildman–Crippen MR) is 581 cm³/mol. The number of nitrogens with zero attached hydrogens (tertiary/aromatic N) is 4. The Kier molecular flexibility index (Phi) is 38.6. The van der Waals surface area contributed by atoms with E-state index in [0.29, 0.717) is 0 Å². The Morgan fingerprint density at radius 2 is 0.452 bits per heavy atom. The maximum Gasteiger partial charge on any atom is 1.00 e. The number of anilines is 4. The van der Waals surface area contributed by atoms with Gasteiger partial charge in [-0.25, -0.2) is 0 Å². The van der Waals surface area contributed by atoms with Gasteiger partial charge in [0.25, 0.3) is 0 Å². The minimum atomic E-state index is -1.88. The first-order valence-corrected chi connectivity index (χ1v) is 53.1. The molecule has 0 saturated carbocycles. The van der Waals surface area contributed by atoms with Gasteiger partial charge in [-0.15, -0.1) is 13.3 Å². The van der Waals surface area contributed by atoms with Crippen molar-refractivity contribution in [3.63, 3.8) is 0 Å². The van der Waals surface area contributed by atoms with Crippen molar-refractivity contribution in [1.29, 1.82) is 0 Å². The van der Waals surface area contributed by atoms with Gasteiger partial charge in [-0.2, -0.15) is 9.79 Å². The molecule has 135 heavy (non-hydrogen) atoms. The summed E-state index contributed by atoms with van der Waals surface area (Å²) in [6.07, 6.45) is 13.0. The van der Waals surface area contributed by atoms with E-state index >= 15 is 0 Å². The summed E-state index contributed by atoms with van der Waals surface area (Å²) >= 11 is 9.63. The van der Waals surface area contributed by atoms with Crippen LogP contribution < -0.4 is 71.0 Å². The molecular formula is C123H113Cl3KN4Ru2S2-6. The predicted octanol–water partition coefficient (Wildman–Crippen LogP) is 30.9. The number of allylic oxidation sites excluding steroid dienone is 2. The van der Waals surface area contributed by atoms with Crippen molar-refractivity contribution in [3.05, 3.63) is 537 Å². The number of rotatable bonds is 12. The summed E-state index contributed by atoms with van der Waals surface area (Å²) in [4.78, 5) is 10.7. The Hall–Kier alpha value is -10.4. The molecule has 16 aromatic carbocycles. The molecular weight excluding hydrogens is 1950 g/mol. The van der Waals surface area contributed by atoms with Gasteiger partial charge in [-0.05, 0) is 243 Å². The third kappa shape index (κ3) is 25.5. The molecule has 0 bridgehead atoms. The number of fused-ring (bicyclic) bond motifs is 2. The fourth-order valence-corrected chi connectivity index (χ4v) is 22.8. The van der Waals surface area contributed by atoms with Crippen LogP contribution in [0.4, 0.5) is 22.7 Å². The Balaban J connectivity index is 0.000000156. The van der Waals surface area contributed by atoms with Crippen LogP contribution >= 0.6 is 29.1 Å². The first kappa shape index (κ1) is 105. The van der Waals surface area contributed by atoms with E-state index in [1.165, 1.54) is 160 Å². The molecule has 681 valence electrons. The van der Waals surface area contributed by atoms with E-state index in [1.807, 2.05) is 66.7 Å². The quantitative estimate of drug-likeness (QED) is 0.0682. The number of benzene rings is 16. The Bertz CT molecular complexity index is 6320. The molecule has 0 amide bonds. The topological polar surface area (TPSA) is 13.0 Å². The molecule has 0 atom stereocenters. The van der Waals surface area contributed by atoms with E-state index in [4.69, 9.17) is 54.3 Å². The second-order valence-corrected chi connectivity index (χ2v) is 42.0. The van der Waals surface area contributed by atoms with E-state index in [2.05, 4.69) is 450 Å². The fourth-order valence-electron chi connectivity index (χ4n) is 18.0. The van der Waals surface area contributed by atoms with Crippen LogP contribution in [0.2, 0.25) is 0 Å². The molecule has 0 spiro atoms. The normalized spacial score (nSPS) is 12.6. The molecule has 2 heterocycles. The van der Waals surface area contributed by atoms with Crippen molar-refractivity contribution >= 4 is 96.4 Å². The van der Waals surface area contributed by atoms with Gasteiger partial charge in [0.1, 0.15) is 0 Å². The van der Waals surface area contributed by atoms with Crippen molar-refractivity contribution in [3.8, 4) is 66.8 Å². The van der Waals surface area contributed by atoms with Crippen LogP contribution in [-0.4, -0.2) is 8.21 Å². The maximum absolute atomic E-state index is 6.19. The molecule has 0 fully saturated rings. The van der Waals surface area contributed by atoms with Crippen LogP contribution in [0.5, 0.6) is 0 Å². The number of hydrogen-bond donors (Lipinski definition) is 0. The Labute approximate surface area is 882 Å². The zero-order valence-electron chi connectivity index (χ0n) is 79.7. The van der Waals surface area contributed by atoms with Crippen molar-refractivity contribution in [1.82, 2.24) is 0 Å². The zero-order chi connectivity index (χ0) is 91.8. The molecule has 2 aliphatic heterocycles. The molecule has 16 aromatic rings. The molecule has 2 aliphatic carbocycles. The number of hydrogen-bond acceptors (Lipinski definition) is 6. The summed E-state index contributed by atoms with van der Waals surface area (Å²) in [6.45, 7) is 30.4. The first-order chi connectivity index (χ1) is 63.5. The molecule has 0 aromatic heterocycles. The molecule has 4 aliphatic rings. The smallest absolute Gasteiger partial charge is 0.779 e. The van der Waals surface area contributed by atoms with Crippen LogP contribution in [0.1, 0.15) is 100 Å². The van der Waals surface area contributed by atoms with Crippen LogP contribution in [0.15, 0.2) is 411 Å². The van der Waals surface area contributed by atoms with E-state index in [-0.39, 0.29) is 89.3 Å². The summed E-state index contributed by atoms with van der Waals surface area (Å²) in [6, 6.07) is 127. The minimum Gasteiger partial charge on any atom is -0.779 e. The number of halogens is 3. The van der Waals surface area contributed by atoms with Gasteiger partial charge in [0.15, 0.2) is 0 Å². The number of aryl methyl sites for hydroxylation is 12. The summed E-state index contributed by atoms with van der Waals surface area (Å²) in [5.41, 5.74) is 44.7.